The second kappa shape index (κ2) is 17.8. The van der Waals surface area contributed by atoms with Gasteiger partial charge in [0.15, 0.2) is 5.96 Å². The molecule has 1 heterocycles. The number of hydrogen-bond donors (Lipinski definition) is 5. The van der Waals surface area contributed by atoms with Crippen LogP contribution in [0.1, 0.15) is 37.7 Å². The molecule has 3 atom stereocenters. The van der Waals surface area contributed by atoms with Gasteiger partial charge in [-0.15, -0.1) is 24.8 Å². The van der Waals surface area contributed by atoms with Crippen LogP contribution in [-0.4, -0.2) is 64.7 Å². The average Bonchev–Trinajstić information content (AvgIpc) is 2.94. The van der Waals surface area contributed by atoms with Crippen LogP contribution in [0, 0.1) is 10.1 Å². The summed E-state index contributed by atoms with van der Waals surface area (Å²) in [6.45, 7) is 0.644. The van der Waals surface area contributed by atoms with E-state index in [0.717, 1.165) is 18.4 Å². The first-order valence-electron chi connectivity index (χ1n) is 13.2. The largest absolute Gasteiger partial charge is 0.370 e. The van der Waals surface area contributed by atoms with Gasteiger partial charge in [-0.05, 0) is 56.2 Å². The molecular weight excluding hydrogens is 587 g/mol. The number of nitrogens with zero attached hydrogens (tertiary/aromatic N) is 3. The molecule has 15 heteroatoms. The maximum Gasteiger partial charge on any atom is 0.269 e. The summed E-state index contributed by atoms with van der Waals surface area (Å²) < 4.78 is 0. The molecule has 0 saturated carbocycles. The number of likely N-dealkylation sites (tertiary alicyclic amines) is 1. The Bertz CT molecular complexity index is 1210. The second-order valence-corrected chi connectivity index (χ2v) is 9.64. The van der Waals surface area contributed by atoms with Crippen molar-refractivity contribution in [3.05, 3.63) is 70.3 Å². The third kappa shape index (κ3) is 10.8. The van der Waals surface area contributed by atoms with Crippen LogP contribution >= 0.6 is 24.8 Å². The fourth-order valence-electron chi connectivity index (χ4n) is 4.57. The third-order valence-electron chi connectivity index (χ3n) is 6.63. The van der Waals surface area contributed by atoms with Crippen molar-refractivity contribution < 1.29 is 19.3 Å². The summed E-state index contributed by atoms with van der Waals surface area (Å²) in [7, 11) is 0. The molecule has 8 N–H and O–H groups in total. The second-order valence-electron chi connectivity index (χ2n) is 9.64. The molecule has 13 nitrogen and oxygen atoms in total. The lowest BCUT2D eigenvalue weighted by atomic mass is 9.98. The highest BCUT2D eigenvalue weighted by molar-refractivity contribution is 5.98. The molecule has 2 aromatic rings. The highest BCUT2D eigenvalue weighted by atomic mass is 35.5. The molecule has 0 aromatic heterocycles. The van der Waals surface area contributed by atoms with Crippen molar-refractivity contribution in [2.75, 3.05) is 18.4 Å². The Labute approximate surface area is 256 Å². The van der Waals surface area contributed by atoms with E-state index >= 15 is 0 Å². The molecule has 0 spiro atoms. The lowest BCUT2D eigenvalue weighted by Gasteiger charge is -2.37. The summed E-state index contributed by atoms with van der Waals surface area (Å²) in [6, 6.07) is 12.2. The molecule has 1 aliphatic heterocycles. The first-order valence-corrected chi connectivity index (χ1v) is 13.2. The van der Waals surface area contributed by atoms with Crippen LogP contribution in [0.5, 0.6) is 0 Å². The number of carbonyl (C=O) groups is 3. The number of guanidine groups is 1. The Morgan fingerprint density at radius 3 is 2.33 bits per heavy atom. The maximum atomic E-state index is 13.5. The fraction of sp³-hybridized carbons (Fsp3) is 0.407. The van der Waals surface area contributed by atoms with Gasteiger partial charge in [-0.3, -0.25) is 29.5 Å². The summed E-state index contributed by atoms with van der Waals surface area (Å²) in [5.74, 6) is -1.37. The number of nitro benzene ring substituents is 1. The monoisotopic (exact) mass is 624 g/mol. The van der Waals surface area contributed by atoms with Gasteiger partial charge in [-0.1, -0.05) is 30.3 Å². The number of halogens is 2. The molecule has 0 radical (unpaired) electrons. The summed E-state index contributed by atoms with van der Waals surface area (Å²) in [5.41, 5.74) is 18.2. The number of benzene rings is 2. The van der Waals surface area contributed by atoms with Crippen LogP contribution in [0.15, 0.2) is 59.6 Å². The number of hydrogen-bond acceptors (Lipinski definition) is 7. The summed E-state index contributed by atoms with van der Waals surface area (Å²) in [6.07, 6.45) is 2.90. The highest BCUT2D eigenvalue weighted by Gasteiger charge is 2.36. The van der Waals surface area contributed by atoms with Gasteiger partial charge in [0.1, 0.15) is 12.1 Å². The van der Waals surface area contributed by atoms with Gasteiger partial charge in [-0.25, -0.2) is 0 Å². The van der Waals surface area contributed by atoms with Gasteiger partial charge in [0, 0.05) is 30.9 Å². The number of nitrogens with two attached hydrogens (primary N) is 3. The minimum absolute atomic E-state index is 0. The van der Waals surface area contributed by atoms with Crippen LogP contribution in [-0.2, 0) is 20.8 Å². The van der Waals surface area contributed by atoms with Crippen LogP contribution < -0.4 is 27.8 Å². The van der Waals surface area contributed by atoms with Crippen molar-refractivity contribution in [2.24, 2.45) is 22.2 Å². The number of piperidine rings is 1. The summed E-state index contributed by atoms with van der Waals surface area (Å²) in [5, 5.41) is 16.4. The van der Waals surface area contributed by atoms with Crippen LogP contribution in [0.3, 0.4) is 0 Å². The van der Waals surface area contributed by atoms with E-state index < -0.39 is 34.9 Å². The van der Waals surface area contributed by atoms with E-state index in [9.17, 15) is 24.5 Å². The molecule has 2 unspecified atom stereocenters. The lowest BCUT2D eigenvalue weighted by molar-refractivity contribution is -0.384. The first kappa shape index (κ1) is 36.1. The Balaban J connectivity index is 0.00000441. The maximum absolute atomic E-state index is 13.5. The number of carbonyl (C=O) groups excluding carboxylic acids is 3. The fourth-order valence-corrected chi connectivity index (χ4v) is 4.57. The van der Waals surface area contributed by atoms with Crippen molar-refractivity contribution in [2.45, 2.75) is 56.7 Å². The Morgan fingerprint density at radius 2 is 1.71 bits per heavy atom. The van der Waals surface area contributed by atoms with Gasteiger partial charge < -0.3 is 32.7 Å². The summed E-state index contributed by atoms with van der Waals surface area (Å²) in [4.78, 5) is 55.7. The molecule has 3 amide bonds. The molecular formula is C27H38Cl2N8O5. The summed E-state index contributed by atoms with van der Waals surface area (Å²) >= 11 is 0. The van der Waals surface area contributed by atoms with Gasteiger partial charge in [0.25, 0.3) is 5.69 Å². The zero-order valence-corrected chi connectivity index (χ0v) is 24.6. The van der Waals surface area contributed by atoms with Gasteiger partial charge in [-0.2, -0.15) is 0 Å². The number of aliphatic imine (C=N–C) groups is 1. The smallest absolute Gasteiger partial charge is 0.269 e. The Hall–Kier alpha value is -3.94. The molecule has 1 fully saturated rings. The average molecular weight is 626 g/mol. The number of anilines is 1. The van der Waals surface area contributed by atoms with E-state index in [1.807, 2.05) is 30.3 Å². The molecule has 230 valence electrons. The number of non-ortho nitro benzene ring substituents is 1. The quantitative estimate of drug-likeness (QED) is 0.0770. The van der Waals surface area contributed by atoms with Crippen LogP contribution in [0.2, 0.25) is 0 Å². The third-order valence-corrected chi connectivity index (χ3v) is 6.63. The van der Waals surface area contributed by atoms with E-state index in [1.54, 1.807) is 0 Å². The van der Waals surface area contributed by atoms with Crippen molar-refractivity contribution in [1.82, 2.24) is 10.2 Å². The molecule has 3 rings (SSSR count). The van der Waals surface area contributed by atoms with Crippen LogP contribution in [0.4, 0.5) is 11.4 Å². The van der Waals surface area contributed by atoms with E-state index in [4.69, 9.17) is 17.2 Å². The van der Waals surface area contributed by atoms with Crippen molar-refractivity contribution >= 4 is 59.9 Å². The van der Waals surface area contributed by atoms with Crippen LogP contribution in [0.25, 0.3) is 0 Å². The van der Waals surface area contributed by atoms with Crippen molar-refractivity contribution in [3.8, 4) is 0 Å². The highest BCUT2D eigenvalue weighted by Crippen LogP contribution is 2.20. The van der Waals surface area contributed by atoms with E-state index in [2.05, 4.69) is 15.6 Å². The predicted octanol–water partition coefficient (Wildman–Crippen LogP) is 1.87. The first-order chi connectivity index (χ1) is 19.2. The predicted molar refractivity (Wildman–Crippen MR) is 166 cm³/mol. The number of rotatable bonds is 12. The molecule has 0 bridgehead atoms. The molecule has 1 aliphatic rings. The SMILES string of the molecule is Cl.Cl.NC(N)=NCCCC(NC(=O)C1CCCCN1C(=O)[C@H](N)Cc1ccccc1)C(=O)Nc1ccc([N+](=O)[O-])cc1. The topological polar surface area (TPSA) is 212 Å². The normalized spacial score (nSPS) is 15.5. The molecule has 42 heavy (non-hydrogen) atoms. The Morgan fingerprint density at radius 1 is 1.05 bits per heavy atom. The van der Waals surface area contributed by atoms with Gasteiger partial charge >= 0.3 is 0 Å². The number of amides is 3. The molecule has 0 aliphatic carbocycles. The minimum Gasteiger partial charge on any atom is -0.370 e. The standard InChI is InChI=1S/C27H36N8O5.2ClH/c28-21(17-18-7-2-1-3-8-18)26(38)34-16-5-4-10-23(34)25(37)33-22(9-6-15-31-27(29)30)24(36)32-19-11-13-20(14-12-19)35(39)40;;/h1-3,7-8,11-14,21-23H,4-6,9-10,15-17,28H2,(H,32,36)(H,33,37)(H4,29,30,31);2*1H/t21-,22?,23?;;/m1../s1. The van der Waals surface area contributed by atoms with Crippen molar-refractivity contribution in [3.63, 3.8) is 0 Å². The number of nitrogens with one attached hydrogen (secondary N) is 2. The van der Waals surface area contributed by atoms with Gasteiger partial charge in [0.2, 0.25) is 17.7 Å². The molecule has 1 saturated heterocycles. The van der Waals surface area contributed by atoms with E-state index in [1.165, 1.54) is 29.2 Å². The Kier molecular flexibility index (Phi) is 15.3. The number of nitro groups is 1. The zero-order valence-electron chi connectivity index (χ0n) is 23.0. The van der Waals surface area contributed by atoms with E-state index in [0.29, 0.717) is 31.5 Å². The molecule has 2 aromatic carbocycles. The van der Waals surface area contributed by atoms with E-state index in [-0.39, 0.29) is 55.3 Å². The zero-order chi connectivity index (χ0) is 29.1. The lowest BCUT2D eigenvalue weighted by Crippen LogP contribution is -2.58. The minimum atomic E-state index is -0.964. The van der Waals surface area contributed by atoms with Gasteiger partial charge in [0.05, 0.1) is 11.0 Å². The van der Waals surface area contributed by atoms with Crippen molar-refractivity contribution in [1.29, 1.82) is 0 Å².